The Labute approximate surface area is 131 Å². The van der Waals surface area contributed by atoms with E-state index in [2.05, 4.69) is 103 Å². The van der Waals surface area contributed by atoms with E-state index in [4.69, 9.17) is 0 Å². The van der Waals surface area contributed by atoms with Crippen molar-refractivity contribution >= 4 is 29.1 Å². The molecule has 1 aliphatic rings. The molecule has 20 heavy (non-hydrogen) atoms. The van der Waals surface area contributed by atoms with E-state index in [1.807, 2.05) is 0 Å². The predicted octanol–water partition coefficient (Wildman–Crippen LogP) is 2.97. The molecule has 0 amide bonds. The summed E-state index contributed by atoms with van der Waals surface area (Å²) in [5.41, 5.74) is 2.46. The summed E-state index contributed by atoms with van der Waals surface area (Å²) in [6.07, 6.45) is 0. The van der Waals surface area contributed by atoms with E-state index < -0.39 is 0 Å². The van der Waals surface area contributed by atoms with Crippen molar-refractivity contribution in [3.05, 3.63) is 60.7 Å². The zero-order valence-electron chi connectivity index (χ0n) is 11.6. The zero-order chi connectivity index (χ0) is 14.1. The minimum atomic E-state index is 0.419. The van der Waals surface area contributed by atoms with Crippen molar-refractivity contribution in [3.63, 3.8) is 0 Å². The number of hydrogen-bond acceptors (Lipinski definition) is 2. The molecule has 5 heteroatoms. The summed E-state index contributed by atoms with van der Waals surface area (Å²) in [5.74, 6) is 0. The quantitative estimate of drug-likeness (QED) is 0.767. The Hall–Kier alpha value is -1.30. The van der Waals surface area contributed by atoms with E-state index in [1.165, 1.54) is 11.4 Å². The molecule has 1 aliphatic heterocycles. The van der Waals surface area contributed by atoms with E-state index in [0.717, 1.165) is 4.23 Å². The summed E-state index contributed by atoms with van der Waals surface area (Å²) < 4.78 is 1.14. The van der Waals surface area contributed by atoms with Gasteiger partial charge >= 0.3 is 132 Å². The van der Waals surface area contributed by atoms with Crippen LogP contribution in [0, 0.1) is 0 Å². The van der Waals surface area contributed by atoms with E-state index in [0.29, 0.717) is 13.5 Å². The van der Waals surface area contributed by atoms with Crippen LogP contribution >= 0.6 is 0 Å². The Morgan fingerprint density at radius 2 is 1.05 bits per heavy atom. The van der Waals surface area contributed by atoms with E-state index in [-0.39, 0.29) is 0 Å². The molecule has 1 saturated heterocycles. The van der Waals surface area contributed by atoms with Crippen LogP contribution in [-0.2, 0) is 18.7 Å². The van der Waals surface area contributed by atoms with Gasteiger partial charge in [0.2, 0.25) is 0 Å². The van der Waals surface area contributed by atoms with Crippen LogP contribution in [0.4, 0.5) is 11.4 Å². The van der Waals surface area contributed by atoms with Crippen molar-refractivity contribution in [2.45, 2.75) is 13.6 Å². The molecule has 2 nitrogen and oxygen atoms in total. The Morgan fingerprint density at radius 3 is 1.40 bits per heavy atom. The summed E-state index contributed by atoms with van der Waals surface area (Å²) in [6.45, 7) is 5.38. The molecule has 0 aromatic heterocycles. The fourth-order valence-corrected chi connectivity index (χ4v) is 3.74. The van der Waals surface area contributed by atoms with Gasteiger partial charge in [0.1, 0.15) is 0 Å². The van der Waals surface area contributed by atoms with Crippen molar-refractivity contribution in [2.24, 2.45) is 0 Å². The first-order valence-electron chi connectivity index (χ1n) is 6.88. The summed E-state index contributed by atoms with van der Waals surface area (Å²) in [6, 6.07) is 21.1. The molecular weight excluding hydrogens is 336 g/mol. The first-order valence-corrected chi connectivity index (χ1v) is 7.66. The van der Waals surface area contributed by atoms with Gasteiger partial charge in [-0.25, -0.2) is 0 Å². The molecule has 1 fully saturated rings. The van der Waals surface area contributed by atoms with Gasteiger partial charge in [0.15, 0.2) is 0 Å². The third-order valence-corrected chi connectivity index (χ3v) is 4.70. The molecule has 0 saturated carbocycles. The number of benzene rings is 2. The summed E-state index contributed by atoms with van der Waals surface area (Å²) >= 11 is 3.48. The van der Waals surface area contributed by atoms with Crippen LogP contribution in [0.1, 0.15) is 0 Å². The SMILES string of the molecule is CB1B(C)N(c2ccccc2)[C](=[Pd])N1c1ccccc1. The topological polar surface area (TPSA) is 6.48 Å². The monoisotopic (exact) mass is 352 g/mol. The normalized spacial score (nSPS) is 15.3. The first kappa shape index (κ1) is 13.7. The van der Waals surface area contributed by atoms with Crippen LogP contribution in [0.2, 0.25) is 13.6 Å². The Morgan fingerprint density at radius 1 is 0.700 bits per heavy atom. The Bertz CT molecular complexity index is 552. The average Bonchev–Trinajstić information content (AvgIpc) is 2.71. The summed E-state index contributed by atoms with van der Waals surface area (Å²) in [4.78, 5) is 4.72. The summed E-state index contributed by atoms with van der Waals surface area (Å²) in [7, 11) is 0. The minimum absolute atomic E-state index is 0.419. The standard InChI is InChI=1S/C15H16B2N2.Pd/c1-16-17(2)19(15-11-7-4-8-12-15)13-18(16)14-9-5-3-6-10-14;/h3-12H,1-2H3;. The number of para-hydroxylation sites is 2. The fourth-order valence-electron chi connectivity index (χ4n) is 2.70. The average molecular weight is 352 g/mol. The molecule has 0 atom stereocenters. The van der Waals surface area contributed by atoms with Gasteiger partial charge in [0.05, 0.1) is 0 Å². The van der Waals surface area contributed by atoms with Gasteiger partial charge in [-0.05, 0) is 0 Å². The maximum atomic E-state index is 3.48. The number of rotatable bonds is 2. The van der Waals surface area contributed by atoms with Crippen LogP contribution in [0.5, 0.6) is 0 Å². The summed E-state index contributed by atoms with van der Waals surface area (Å²) in [5, 5.41) is 0. The van der Waals surface area contributed by atoms with Crippen LogP contribution < -0.4 is 9.62 Å². The molecule has 0 unspecified atom stereocenters. The van der Waals surface area contributed by atoms with E-state index in [1.54, 1.807) is 0 Å². The van der Waals surface area contributed by atoms with Crippen molar-refractivity contribution in [3.8, 4) is 0 Å². The van der Waals surface area contributed by atoms with Crippen molar-refractivity contribution in [2.75, 3.05) is 9.62 Å². The van der Waals surface area contributed by atoms with E-state index in [9.17, 15) is 0 Å². The van der Waals surface area contributed by atoms with Crippen LogP contribution in [-0.4, -0.2) is 17.7 Å². The van der Waals surface area contributed by atoms with Crippen LogP contribution in [0.15, 0.2) is 60.7 Å². The molecule has 1 heterocycles. The molecule has 2 aromatic rings. The Kier molecular flexibility index (Phi) is 3.83. The van der Waals surface area contributed by atoms with Gasteiger partial charge < -0.3 is 0 Å². The van der Waals surface area contributed by atoms with Gasteiger partial charge in [0, 0.05) is 0 Å². The van der Waals surface area contributed by atoms with Crippen molar-refractivity contribution in [1.82, 2.24) is 0 Å². The third kappa shape index (κ3) is 2.26. The van der Waals surface area contributed by atoms with E-state index >= 15 is 0 Å². The second-order valence-corrected chi connectivity index (χ2v) is 5.83. The molecule has 2 aromatic carbocycles. The molecule has 0 bridgehead atoms. The molecule has 3 rings (SSSR count). The predicted molar refractivity (Wildman–Crippen MR) is 86.1 cm³/mol. The van der Waals surface area contributed by atoms with Gasteiger partial charge in [-0.15, -0.1) is 0 Å². The van der Waals surface area contributed by atoms with Crippen molar-refractivity contribution in [1.29, 1.82) is 0 Å². The Balaban J connectivity index is 1.99. The third-order valence-electron chi connectivity index (χ3n) is 3.95. The molecule has 0 aliphatic carbocycles. The second-order valence-electron chi connectivity index (χ2n) is 5.13. The molecular formula is C15H16B2N2Pd. The number of anilines is 2. The van der Waals surface area contributed by atoms with Crippen molar-refractivity contribution < 1.29 is 18.7 Å². The molecule has 0 radical (unpaired) electrons. The first-order chi connectivity index (χ1) is 9.70. The van der Waals surface area contributed by atoms with Crippen LogP contribution in [0.25, 0.3) is 0 Å². The second kappa shape index (κ2) is 5.60. The van der Waals surface area contributed by atoms with Gasteiger partial charge in [-0.2, -0.15) is 0 Å². The van der Waals surface area contributed by atoms with Gasteiger partial charge in [0.25, 0.3) is 0 Å². The number of hydrogen-bond donors (Lipinski definition) is 0. The zero-order valence-corrected chi connectivity index (χ0v) is 13.2. The van der Waals surface area contributed by atoms with Gasteiger partial charge in [-0.3, -0.25) is 0 Å². The molecule has 0 spiro atoms. The van der Waals surface area contributed by atoms with Crippen LogP contribution in [0.3, 0.4) is 0 Å². The molecule has 102 valence electrons. The van der Waals surface area contributed by atoms with Gasteiger partial charge in [-0.1, -0.05) is 0 Å². The maximum absolute atomic E-state index is 3.48. The molecule has 0 N–H and O–H groups in total. The fraction of sp³-hybridized carbons (Fsp3) is 0.133. The number of nitrogens with zero attached hydrogens (tertiary/aromatic N) is 2.